The van der Waals surface area contributed by atoms with E-state index in [2.05, 4.69) is 60.2 Å². The molecule has 1 N–H and O–H groups in total. The van der Waals surface area contributed by atoms with Gasteiger partial charge in [-0.2, -0.15) is 0 Å². The Kier molecular flexibility index (Phi) is 6.42. The second-order valence-electron chi connectivity index (χ2n) is 8.44. The molecule has 0 saturated heterocycles. The number of ether oxygens (including phenoxy) is 1. The highest BCUT2D eigenvalue weighted by Crippen LogP contribution is 2.33. The van der Waals surface area contributed by atoms with Crippen LogP contribution in [0.15, 0.2) is 65.8 Å². The third kappa shape index (κ3) is 5.17. The topological polar surface area (TPSA) is 53.0 Å². The molecule has 2 aliphatic rings. The van der Waals surface area contributed by atoms with Gasteiger partial charge in [-0.05, 0) is 65.5 Å². The number of carboxylic acids is 1. The number of aliphatic carboxylic acids is 1. The zero-order valence-corrected chi connectivity index (χ0v) is 18.3. The molecule has 0 atom stereocenters. The van der Waals surface area contributed by atoms with Crippen molar-refractivity contribution >= 4 is 11.7 Å². The largest absolute Gasteiger partial charge is 0.489 e. The summed E-state index contributed by atoms with van der Waals surface area (Å²) in [5, 5.41) is 8.95. The number of aryl methyl sites for hydroxylation is 1. The molecular weight excluding hydrogens is 388 g/mol. The van der Waals surface area contributed by atoms with Crippen molar-refractivity contribution in [2.75, 3.05) is 33.2 Å². The van der Waals surface area contributed by atoms with Crippen LogP contribution >= 0.6 is 0 Å². The summed E-state index contributed by atoms with van der Waals surface area (Å²) >= 11 is 0. The Hall–Kier alpha value is -3.05. The fraction of sp³-hybridized carbons (Fsp3) is 0.346. The minimum absolute atomic E-state index is 0.206. The van der Waals surface area contributed by atoms with Crippen LogP contribution in [0.1, 0.15) is 29.5 Å². The molecule has 0 radical (unpaired) electrons. The van der Waals surface area contributed by atoms with E-state index in [9.17, 15) is 4.79 Å². The standard InChI is InChI=1S/C26H30N2O3/c1-19-14-22(8-9-25(19)31-18-20-6-4-3-5-7-20)24-15-21-10-12-28(13-11-26(29)30)17-23(21)16-27(24)2/h3-9,14-15H,10-13,16-18H2,1-2H3,(H,29,30). The second kappa shape index (κ2) is 9.40. The molecule has 31 heavy (non-hydrogen) atoms. The normalized spacial score (nSPS) is 16.7. The van der Waals surface area contributed by atoms with Crippen LogP contribution in [0.4, 0.5) is 0 Å². The van der Waals surface area contributed by atoms with E-state index < -0.39 is 5.97 Å². The van der Waals surface area contributed by atoms with Gasteiger partial charge in [0.25, 0.3) is 0 Å². The summed E-state index contributed by atoms with van der Waals surface area (Å²) in [7, 11) is 2.13. The number of likely N-dealkylation sites (N-methyl/N-ethyl adjacent to an activating group) is 1. The van der Waals surface area contributed by atoms with Crippen molar-refractivity contribution < 1.29 is 14.6 Å². The van der Waals surface area contributed by atoms with E-state index in [0.29, 0.717) is 13.2 Å². The Balaban J connectivity index is 1.46. The van der Waals surface area contributed by atoms with Gasteiger partial charge in [0.1, 0.15) is 12.4 Å². The summed E-state index contributed by atoms with van der Waals surface area (Å²) in [5.41, 5.74) is 7.53. The number of hydrogen-bond donors (Lipinski definition) is 1. The molecule has 0 amide bonds. The molecule has 0 bridgehead atoms. The molecule has 0 fully saturated rings. The summed E-state index contributed by atoms with van der Waals surface area (Å²) in [6, 6.07) is 16.6. The minimum Gasteiger partial charge on any atom is -0.489 e. The van der Waals surface area contributed by atoms with Crippen molar-refractivity contribution in [1.82, 2.24) is 9.80 Å². The molecule has 0 aliphatic carbocycles. The molecule has 2 aromatic rings. The maximum atomic E-state index is 10.9. The van der Waals surface area contributed by atoms with Gasteiger partial charge in [0.05, 0.1) is 6.42 Å². The quantitative estimate of drug-likeness (QED) is 0.725. The Morgan fingerprint density at radius 2 is 1.94 bits per heavy atom. The Bertz CT molecular complexity index is 1010. The van der Waals surface area contributed by atoms with Gasteiger partial charge >= 0.3 is 5.97 Å². The van der Waals surface area contributed by atoms with E-state index in [1.54, 1.807) is 0 Å². The van der Waals surface area contributed by atoms with E-state index in [4.69, 9.17) is 9.84 Å². The molecule has 0 aromatic heterocycles. The Morgan fingerprint density at radius 3 is 2.68 bits per heavy atom. The Labute approximate surface area is 184 Å². The third-order valence-electron chi connectivity index (χ3n) is 6.07. The average Bonchev–Trinajstić information content (AvgIpc) is 2.77. The molecule has 0 unspecified atom stereocenters. The van der Waals surface area contributed by atoms with Crippen LogP contribution in [0.5, 0.6) is 5.75 Å². The van der Waals surface area contributed by atoms with E-state index in [1.807, 2.05) is 18.2 Å². The monoisotopic (exact) mass is 418 g/mol. The molecule has 2 aromatic carbocycles. The van der Waals surface area contributed by atoms with Gasteiger partial charge in [-0.15, -0.1) is 0 Å². The number of rotatable bonds is 7. The first-order valence-corrected chi connectivity index (χ1v) is 10.9. The number of allylic oxidation sites excluding steroid dienone is 1. The fourth-order valence-corrected chi connectivity index (χ4v) is 4.33. The summed E-state index contributed by atoms with van der Waals surface area (Å²) in [6.07, 6.45) is 3.49. The number of carbonyl (C=O) groups is 1. The second-order valence-corrected chi connectivity index (χ2v) is 8.44. The first-order chi connectivity index (χ1) is 15.0. The first kappa shape index (κ1) is 21.2. The molecule has 162 valence electrons. The van der Waals surface area contributed by atoms with Gasteiger partial charge in [0, 0.05) is 38.9 Å². The number of nitrogens with zero attached hydrogens (tertiary/aromatic N) is 2. The SMILES string of the molecule is Cc1cc(C2=CC3=C(CN(CCC(=O)O)CC3)CN2C)ccc1OCc1ccccc1. The average molecular weight is 419 g/mol. The predicted molar refractivity (Wildman–Crippen MR) is 123 cm³/mol. The van der Waals surface area contributed by atoms with Gasteiger partial charge in [0.15, 0.2) is 0 Å². The summed E-state index contributed by atoms with van der Waals surface area (Å²) in [4.78, 5) is 15.4. The van der Waals surface area contributed by atoms with Gasteiger partial charge in [-0.25, -0.2) is 0 Å². The van der Waals surface area contributed by atoms with Crippen molar-refractivity contribution in [3.05, 3.63) is 82.4 Å². The van der Waals surface area contributed by atoms with Crippen LogP contribution in [-0.4, -0.2) is 54.1 Å². The summed E-state index contributed by atoms with van der Waals surface area (Å²) in [6.45, 7) is 5.95. The van der Waals surface area contributed by atoms with Crippen LogP contribution in [-0.2, 0) is 11.4 Å². The maximum Gasteiger partial charge on any atom is 0.304 e. The van der Waals surface area contributed by atoms with Gasteiger partial charge < -0.3 is 14.7 Å². The van der Waals surface area contributed by atoms with Crippen LogP contribution in [0.25, 0.3) is 5.70 Å². The lowest BCUT2D eigenvalue weighted by molar-refractivity contribution is -0.137. The molecule has 0 saturated carbocycles. The third-order valence-corrected chi connectivity index (χ3v) is 6.07. The van der Waals surface area contributed by atoms with Crippen LogP contribution in [0.3, 0.4) is 0 Å². The van der Waals surface area contributed by atoms with Crippen LogP contribution in [0.2, 0.25) is 0 Å². The highest BCUT2D eigenvalue weighted by atomic mass is 16.5. The minimum atomic E-state index is -0.728. The van der Waals surface area contributed by atoms with Crippen molar-refractivity contribution in [2.45, 2.75) is 26.4 Å². The highest BCUT2D eigenvalue weighted by molar-refractivity contribution is 5.70. The molecule has 5 heteroatoms. The fourth-order valence-electron chi connectivity index (χ4n) is 4.33. The lowest BCUT2D eigenvalue weighted by atomic mass is 9.93. The van der Waals surface area contributed by atoms with E-state index >= 15 is 0 Å². The highest BCUT2D eigenvalue weighted by Gasteiger charge is 2.24. The lowest BCUT2D eigenvalue weighted by Gasteiger charge is -2.36. The zero-order valence-electron chi connectivity index (χ0n) is 18.3. The molecule has 2 aliphatic heterocycles. The van der Waals surface area contributed by atoms with Crippen LogP contribution in [0, 0.1) is 6.92 Å². The molecule has 4 rings (SSSR count). The number of hydrogen-bond acceptors (Lipinski definition) is 4. The summed E-state index contributed by atoms with van der Waals surface area (Å²) < 4.78 is 6.04. The number of benzene rings is 2. The molecular formula is C26H30N2O3. The van der Waals surface area contributed by atoms with Crippen molar-refractivity contribution in [3.63, 3.8) is 0 Å². The molecule has 5 nitrogen and oxygen atoms in total. The zero-order chi connectivity index (χ0) is 21.8. The molecule has 0 spiro atoms. The van der Waals surface area contributed by atoms with Gasteiger partial charge in [0.2, 0.25) is 0 Å². The summed E-state index contributed by atoms with van der Waals surface area (Å²) in [5.74, 6) is 0.188. The van der Waals surface area contributed by atoms with Gasteiger partial charge in [-0.3, -0.25) is 9.69 Å². The van der Waals surface area contributed by atoms with Crippen molar-refractivity contribution in [3.8, 4) is 5.75 Å². The Morgan fingerprint density at radius 1 is 1.13 bits per heavy atom. The first-order valence-electron chi connectivity index (χ1n) is 10.9. The maximum absolute atomic E-state index is 10.9. The smallest absolute Gasteiger partial charge is 0.304 e. The lowest BCUT2D eigenvalue weighted by Crippen LogP contribution is -2.38. The van der Waals surface area contributed by atoms with Crippen molar-refractivity contribution in [2.24, 2.45) is 0 Å². The number of carboxylic acid groups (broad SMARTS) is 1. The van der Waals surface area contributed by atoms with Gasteiger partial charge in [-0.1, -0.05) is 30.3 Å². The van der Waals surface area contributed by atoms with E-state index in [1.165, 1.54) is 22.4 Å². The molecule has 2 heterocycles. The van der Waals surface area contributed by atoms with Crippen molar-refractivity contribution in [1.29, 1.82) is 0 Å². The predicted octanol–water partition coefficient (Wildman–Crippen LogP) is 4.34. The van der Waals surface area contributed by atoms with E-state index in [0.717, 1.165) is 42.9 Å². The van der Waals surface area contributed by atoms with E-state index in [-0.39, 0.29) is 6.42 Å². The van der Waals surface area contributed by atoms with Crippen LogP contribution < -0.4 is 4.74 Å².